The van der Waals surface area contributed by atoms with Crippen molar-refractivity contribution in [2.45, 2.75) is 49.2 Å². The summed E-state index contributed by atoms with van der Waals surface area (Å²) in [6.45, 7) is 0.0378. The molecule has 1 heterocycles. The summed E-state index contributed by atoms with van der Waals surface area (Å²) in [6.07, 6.45) is -2.80. The first kappa shape index (κ1) is 13.1. The van der Waals surface area contributed by atoms with Gasteiger partial charge in [-0.2, -0.15) is 13.2 Å². The molecule has 2 aliphatic rings. The van der Waals surface area contributed by atoms with Crippen LogP contribution in [-0.4, -0.2) is 38.5 Å². The molecule has 0 aromatic carbocycles. The topological polar surface area (TPSA) is 58.2 Å². The highest BCUT2D eigenvalue weighted by molar-refractivity contribution is 7.90. The summed E-state index contributed by atoms with van der Waals surface area (Å²) in [7, 11) is -3.31. The second-order valence-corrected chi connectivity index (χ2v) is 6.63. The smallest absolute Gasteiger partial charge is 0.305 e. The number of alkyl halides is 3. The van der Waals surface area contributed by atoms with Gasteiger partial charge in [0.1, 0.15) is 6.04 Å². The van der Waals surface area contributed by atoms with Crippen molar-refractivity contribution in [1.29, 1.82) is 0 Å². The largest absolute Gasteiger partial charge is 0.403 e. The lowest BCUT2D eigenvalue weighted by molar-refractivity contribution is -0.160. The maximum absolute atomic E-state index is 12.3. The highest BCUT2D eigenvalue weighted by atomic mass is 32.2. The predicted molar refractivity (Wildman–Crippen MR) is 55.9 cm³/mol. The van der Waals surface area contributed by atoms with Crippen molar-refractivity contribution in [1.82, 2.24) is 10.0 Å². The minimum Gasteiger partial charge on any atom is -0.305 e. The van der Waals surface area contributed by atoms with Crippen LogP contribution >= 0.6 is 0 Å². The van der Waals surface area contributed by atoms with Gasteiger partial charge in [0, 0.05) is 12.6 Å². The molecule has 0 amide bonds. The Labute approximate surface area is 98.0 Å². The van der Waals surface area contributed by atoms with Crippen molar-refractivity contribution in [3.8, 4) is 0 Å². The summed E-state index contributed by atoms with van der Waals surface area (Å²) in [5, 5.41) is 2.01. The molecular formula is C9H15F3N2O2S. The van der Waals surface area contributed by atoms with Gasteiger partial charge < -0.3 is 5.32 Å². The molecule has 1 saturated carbocycles. The molecule has 17 heavy (non-hydrogen) atoms. The highest BCUT2D eigenvalue weighted by Crippen LogP contribution is 2.29. The summed E-state index contributed by atoms with van der Waals surface area (Å²) < 4.78 is 62.7. The molecular weight excluding hydrogens is 257 g/mol. The van der Waals surface area contributed by atoms with Gasteiger partial charge in [-0.1, -0.05) is 0 Å². The summed E-state index contributed by atoms with van der Waals surface area (Å²) in [6, 6.07) is -1.93. The van der Waals surface area contributed by atoms with Gasteiger partial charge in [-0.3, -0.25) is 0 Å². The van der Waals surface area contributed by atoms with Crippen LogP contribution in [0.25, 0.3) is 0 Å². The lowest BCUT2D eigenvalue weighted by Crippen LogP contribution is -2.54. The van der Waals surface area contributed by atoms with Crippen LogP contribution in [0.15, 0.2) is 0 Å². The highest BCUT2D eigenvalue weighted by Gasteiger charge is 2.43. The molecule has 2 unspecified atom stereocenters. The van der Waals surface area contributed by atoms with Crippen LogP contribution in [0, 0.1) is 0 Å². The van der Waals surface area contributed by atoms with E-state index in [2.05, 4.69) is 10.0 Å². The molecule has 8 heteroatoms. The fraction of sp³-hybridized carbons (Fsp3) is 1.00. The Morgan fingerprint density at radius 2 is 1.76 bits per heavy atom. The van der Waals surface area contributed by atoms with Crippen LogP contribution in [0.3, 0.4) is 0 Å². The van der Waals surface area contributed by atoms with Gasteiger partial charge in [-0.25, -0.2) is 13.1 Å². The lowest BCUT2D eigenvalue weighted by Gasteiger charge is -2.31. The zero-order valence-electron chi connectivity index (χ0n) is 9.13. The van der Waals surface area contributed by atoms with Crippen LogP contribution in [-0.2, 0) is 10.0 Å². The average molecular weight is 272 g/mol. The van der Waals surface area contributed by atoms with Crippen molar-refractivity contribution >= 4 is 10.0 Å². The van der Waals surface area contributed by atoms with Crippen molar-refractivity contribution in [2.75, 3.05) is 6.54 Å². The van der Waals surface area contributed by atoms with Gasteiger partial charge in [0.05, 0.1) is 5.25 Å². The molecule has 100 valence electrons. The van der Waals surface area contributed by atoms with Crippen molar-refractivity contribution in [3.05, 3.63) is 0 Å². The molecule has 0 aromatic rings. The Hall–Kier alpha value is -0.340. The Bertz CT molecular complexity index is 370. The third-order valence-electron chi connectivity index (χ3n) is 3.10. The second-order valence-electron chi connectivity index (χ2n) is 4.64. The van der Waals surface area contributed by atoms with E-state index in [1.807, 2.05) is 0 Å². The van der Waals surface area contributed by atoms with Crippen LogP contribution < -0.4 is 10.0 Å². The molecule has 4 nitrogen and oxygen atoms in total. The Morgan fingerprint density at radius 3 is 2.18 bits per heavy atom. The van der Waals surface area contributed by atoms with Crippen LogP contribution in [0.1, 0.15) is 25.7 Å². The number of nitrogens with one attached hydrogen (secondary N) is 2. The average Bonchev–Trinajstić information content (AvgIpc) is 2.99. The fourth-order valence-electron chi connectivity index (χ4n) is 1.94. The third kappa shape index (κ3) is 3.32. The third-order valence-corrected chi connectivity index (χ3v) is 5.11. The van der Waals surface area contributed by atoms with E-state index in [4.69, 9.17) is 0 Å². The van der Waals surface area contributed by atoms with Crippen molar-refractivity contribution in [2.24, 2.45) is 0 Å². The molecule has 2 N–H and O–H groups in total. The maximum Gasteiger partial charge on any atom is 0.403 e. The van der Waals surface area contributed by atoms with E-state index in [-0.39, 0.29) is 24.6 Å². The quantitative estimate of drug-likeness (QED) is 0.797. The second kappa shape index (κ2) is 4.40. The summed E-state index contributed by atoms with van der Waals surface area (Å²) in [5.41, 5.74) is 0. The number of hydrogen-bond donors (Lipinski definition) is 2. The number of halogens is 3. The van der Waals surface area contributed by atoms with E-state index in [0.717, 1.165) is 0 Å². The van der Waals surface area contributed by atoms with E-state index in [0.29, 0.717) is 12.8 Å². The van der Waals surface area contributed by atoms with Gasteiger partial charge in [0.25, 0.3) is 0 Å². The van der Waals surface area contributed by atoms with Gasteiger partial charge in [0.2, 0.25) is 10.0 Å². The SMILES string of the molecule is O=S(=O)(NC1CCC(C(F)(F)F)NC1)C1CC1. The number of piperidine rings is 1. The minimum atomic E-state index is -4.25. The molecule has 1 aliphatic heterocycles. The molecule has 0 bridgehead atoms. The zero-order valence-corrected chi connectivity index (χ0v) is 9.94. The zero-order chi connectivity index (χ0) is 12.7. The van der Waals surface area contributed by atoms with Crippen LogP contribution in [0.5, 0.6) is 0 Å². The van der Waals surface area contributed by atoms with Crippen LogP contribution in [0.2, 0.25) is 0 Å². The predicted octanol–water partition coefficient (Wildman–Crippen LogP) is 0.751. The fourth-order valence-corrected chi connectivity index (χ4v) is 3.56. The molecule has 2 atom stereocenters. The maximum atomic E-state index is 12.3. The summed E-state index contributed by atoms with van der Waals surface area (Å²) in [5.74, 6) is 0. The van der Waals surface area contributed by atoms with Gasteiger partial charge in [-0.15, -0.1) is 0 Å². The molecule has 2 fully saturated rings. The molecule has 0 aromatic heterocycles. The van der Waals surface area contributed by atoms with Gasteiger partial charge in [-0.05, 0) is 25.7 Å². The first-order valence-electron chi connectivity index (χ1n) is 5.60. The molecule has 1 saturated heterocycles. The Balaban J connectivity index is 1.83. The first-order chi connectivity index (χ1) is 7.79. The van der Waals surface area contributed by atoms with E-state index in [1.165, 1.54) is 0 Å². The number of hydrogen-bond acceptors (Lipinski definition) is 3. The van der Waals surface area contributed by atoms with Gasteiger partial charge >= 0.3 is 6.18 Å². The van der Waals surface area contributed by atoms with Crippen molar-refractivity contribution in [3.63, 3.8) is 0 Å². The van der Waals surface area contributed by atoms with Gasteiger partial charge in [0.15, 0.2) is 0 Å². The van der Waals surface area contributed by atoms with E-state index in [9.17, 15) is 21.6 Å². The van der Waals surface area contributed by atoms with E-state index >= 15 is 0 Å². The Kier molecular flexibility index (Phi) is 3.39. The van der Waals surface area contributed by atoms with Crippen LogP contribution in [0.4, 0.5) is 13.2 Å². The monoisotopic (exact) mass is 272 g/mol. The first-order valence-corrected chi connectivity index (χ1v) is 7.15. The van der Waals surface area contributed by atoms with E-state index in [1.54, 1.807) is 0 Å². The molecule has 2 rings (SSSR count). The Morgan fingerprint density at radius 1 is 1.12 bits per heavy atom. The number of sulfonamides is 1. The standard InChI is InChI=1S/C9H15F3N2O2S/c10-9(11,12)8-4-1-6(5-13-8)14-17(15,16)7-2-3-7/h6-8,13-14H,1-5H2. The minimum absolute atomic E-state index is 0.0378. The molecule has 0 radical (unpaired) electrons. The molecule has 0 spiro atoms. The summed E-state index contributed by atoms with van der Waals surface area (Å²) in [4.78, 5) is 0. The summed E-state index contributed by atoms with van der Waals surface area (Å²) >= 11 is 0. The number of rotatable bonds is 3. The normalized spacial score (nSPS) is 31.5. The lowest BCUT2D eigenvalue weighted by atomic mass is 10.0. The van der Waals surface area contributed by atoms with Crippen molar-refractivity contribution < 1.29 is 21.6 Å². The van der Waals surface area contributed by atoms with E-state index < -0.39 is 28.3 Å². The molecule has 1 aliphatic carbocycles.